The van der Waals surface area contributed by atoms with Crippen molar-refractivity contribution >= 4 is 51.9 Å². The Hall–Kier alpha value is -6.08. The van der Waals surface area contributed by atoms with Crippen LogP contribution in [-0.4, -0.2) is 161 Å². The molecule has 23 heteroatoms. The number of carbonyl (C=O) groups excluding carboxylic acids is 4. The number of nitrogens with zero attached hydrogens (tertiary/aromatic N) is 5. The molecule has 424 valence electrons. The highest BCUT2D eigenvalue weighted by atomic mass is 32.1. The van der Waals surface area contributed by atoms with Gasteiger partial charge in [0.15, 0.2) is 0 Å². The molecule has 78 heavy (non-hydrogen) atoms. The molecule has 4 aromatic rings. The van der Waals surface area contributed by atoms with Gasteiger partial charge in [0.2, 0.25) is 23.3 Å². The summed E-state index contributed by atoms with van der Waals surface area (Å²) in [7, 11) is 1.96. The number of likely N-dealkylation sites (tertiary alicyclic amines) is 1. The number of aliphatic hydroxyl groups is 2. The number of alkyl halides is 3. The number of aromatic nitrogens is 2. The second-order valence-electron chi connectivity index (χ2n) is 21.3. The van der Waals surface area contributed by atoms with Gasteiger partial charge in [-0.15, -0.1) is 11.3 Å². The lowest BCUT2D eigenvalue weighted by Gasteiger charge is -2.44. The molecule has 4 amide bonds. The smallest absolute Gasteiger partial charge is 0.392 e. The molecule has 0 bridgehead atoms. The Morgan fingerprint density at radius 2 is 1.64 bits per heavy atom. The Labute approximate surface area is 455 Å². The first-order valence-electron chi connectivity index (χ1n) is 26.1. The van der Waals surface area contributed by atoms with Crippen molar-refractivity contribution < 1.29 is 56.4 Å². The number of anilines is 2. The molecule has 6 N–H and O–H groups in total. The first kappa shape index (κ1) is 59.6. The van der Waals surface area contributed by atoms with Crippen molar-refractivity contribution in [3.05, 3.63) is 104 Å². The molecule has 7 rings (SSSR count). The second kappa shape index (κ2) is 25.8. The quantitative estimate of drug-likeness (QED) is 0.0458. The summed E-state index contributed by atoms with van der Waals surface area (Å²) >= 11 is 1.56. The molecule has 2 fully saturated rings. The molecule has 2 saturated heterocycles. The predicted molar refractivity (Wildman–Crippen MR) is 288 cm³/mol. The van der Waals surface area contributed by atoms with E-state index in [2.05, 4.69) is 30.8 Å². The van der Waals surface area contributed by atoms with E-state index in [1.807, 2.05) is 77.8 Å². The van der Waals surface area contributed by atoms with E-state index in [4.69, 9.17) is 9.47 Å². The number of benzene rings is 2. The largest absolute Gasteiger partial charge is 0.417 e. The van der Waals surface area contributed by atoms with E-state index in [0.29, 0.717) is 30.9 Å². The summed E-state index contributed by atoms with van der Waals surface area (Å²) in [6.07, 6.45) is -4.36. The maximum atomic E-state index is 16.2. The summed E-state index contributed by atoms with van der Waals surface area (Å²) in [5.41, 5.74) is 1.81. The Kier molecular flexibility index (Phi) is 19.7. The SMILES string of the molecule is Cc1ncsc1-c1ccc(CNC(=O)[C@@H]2C[C@@H](O)CN2C(O)C(NC(=O)CCOCCOCCC(=O)N2CC=C(c3cc(NC(=O)c4c[nH]c(=O)cc4C(F)(F)F)c(N4C[C@@H](C)N(C)[C@@H](C)C4)cc3F)CC2)C(C)(C)C)cc1. The van der Waals surface area contributed by atoms with Gasteiger partial charge in [-0.25, -0.2) is 9.37 Å². The molecule has 0 spiro atoms. The van der Waals surface area contributed by atoms with Gasteiger partial charge in [-0.1, -0.05) is 51.1 Å². The van der Waals surface area contributed by atoms with Crippen LogP contribution in [0.4, 0.5) is 28.9 Å². The van der Waals surface area contributed by atoms with Crippen LogP contribution in [0.3, 0.4) is 0 Å². The minimum Gasteiger partial charge on any atom is -0.392 e. The van der Waals surface area contributed by atoms with Gasteiger partial charge in [-0.05, 0) is 74.9 Å². The number of halogens is 4. The number of likely N-dealkylation sites (N-methyl/N-ethyl adjacent to an activating group) is 1. The van der Waals surface area contributed by atoms with Crippen LogP contribution in [0.5, 0.6) is 0 Å². The van der Waals surface area contributed by atoms with Gasteiger partial charge >= 0.3 is 6.18 Å². The highest BCUT2D eigenvalue weighted by molar-refractivity contribution is 7.13. The summed E-state index contributed by atoms with van der Waals surface area (Å²) in [5.74, 6) is -2.69. The standard InChI is InChI=1S/C55H71F4N9O9S/c1-32-28-67(29-33(2)65(32)7)44-25-42(56)39(23-43(44)63-51(73)40-27-60-47(71)24-41(40)55(57,58)59)36-12-16-66(17-13-36)48(72)15-19-77-21-20-76-18-14-46(70)64-50(54(4,5)6)53(75)68-30-38(69)22-45(68)52(74)61-26-35-8-10-37(11-9-35)49-34(3)62-31-78-49/h8-12,23-25,27,31-33,38,45,50,53,69,75H,13-22,26,28-30H2,1-7H3,(H,60,71)(H,61,74)(H,63,73)(H,64,70)/t32-,33+,38-,45+,50?,53?/m1/s1. The predicted octanol–water partition coefficient (Wildman–Crippen LogP) is 5.78. The van der Waals surface area contributed by atoms with E-state index in [-0.39, 0.29) is 125 Å². The fourth-order valence-electron chi connectivity index (χ4n) is 10.0. The van der Waals surface area contributed by atoms with Gasteiger partial charge in [0.25, 0.3) is 5.91 Å². The molecular weight excluding hydrogens is 1040 g/mol. The lowest BCUT2D eigenvalue weighted by molar-refractivity contribution is -0.138. The Morgan fingerprint density at radius 1 is 0.962 bits per heavy atom. The van der Waals surface area contributed by atoms with Crippen molar-refractivity contribution in [1.82, 2.24) is 35.3 Å². The van der Waals surface area contributed by atoms with Gasteiger partial charge in [0, 0.05) is 75.6 Å². The van der Waals surface area contributed by atoms with Crippen molar-refractivity contribution in [2.24, 2.45) is 5.41 Å². The monoisotopic (exact) mass is 1110 g/mol. The number of hydrogen-bond acceptors (Lipinski definition) is 14. The average Bonchev–Trinajstić information content (AvgIpc) is 4.10. The second-order valence-corrected chi connectivity index (χ2v) is 22.2. The fraction of sp³-hybridized carbons (Fsp3) is 0.527. The molecule has 2 aromatic heterocycles. The molecule has 0 aliphatic carbocycles. The summed E-state index contributed by atoms with van der Waals surface area (Å²) in [5, 5.41) is 30.7. The number of ether oxygens (including phenoxy) is 2. The molecule has 6 atom stereocenters. The van der Waals surface area contributed by atoms with Gasteiger partial charge in [-0.3, -0.25) is 33.8 Å². The Morgan fingerprint density at radius 3 is 2.26 bits per heavy atom. The first-order chi connectivity index (χ1) is 36.9. The summed E-state index contributed by atoms with van der Waals surface area (Å²) in [6, 6.07) is 9.23. The van der Waals surface area contributed by atoms with Crippen LogP contribution in [-0.2, 0) is 36.6 Å². The summed E-state index contributed by atoms with van der Waals surface area (Å²) in [4.78, 5) is 79.9. The van der Waals surface area contributed by atoms with Crippen molar-refractivity contribution in [2.45, 2.75) is 116 Å². The Balaban J connectivity index is 0.853. The third-order valence-corrected chi connectivity index (χ3v) is 15.6. The number of nitrogens with one attached hydrogen (secondary N) is 4. The number of aliphatic hydroxyl groups excluding tert-OH is 2. The van der Waals surface area contributed by atoms with Gasteiger partial charge in [-0.2, -0.15) is 13.2 Å². The van der Waals surface area contributed by atoms with Crippen molar-refractivity contribution in [3.8, 4) is 10.4 Å². The van der Waals surface area contributed by atoms with Crippen LogP contribution in [0.25, 0.3) is 16.0 Å². The molecule has 0 radical (unpaired) electrons. The van der Waals surface area contributed by atoms with E-state index >= 15 is 4.39 Å². The molecule has 18 nitrogen and oxygen atoms in total. The van der Waals surface area contributed by atoms with E-state index in [1.165, 1.54) is 17.0 Å². The zero-order chi connectivity index (χ0) is 56.6. The number of thiazole rings is 1. The zero-order valence-corrected chi connectivity index (χ0v) is 45.9. The minimum absolute atomic E-state index is 0.0271. The van der Waals surface area contributed by atoms with Crippen LogP contribution in [0, 0.1) is 18.2 Å². The van der Waals surface area contributed by atoms with Crippen LogP contribution in [0.1, 0.15) is 93.0 Å². The number of H-pyrrole nitrogens is 1. The van der Waals surface area contributed by atoms with Gasteiger partial charge in [0.1, 0.15) is 12.0 Å². The zero-order valence-electron chi connectivity index (χ0n) is 45.0. The average molecular weight is 1110 g/mol. The number of β-amino-alcohol motifs (C(OH)–C–C–N with tert-alkyl or cyclic N) is 1. The number of hydrogen-bond donors (Lipinski definition) is 6. The lowest BCUT2D eigenvalue weighted by atomic mass is 9.84. The summed E-state index contributed by atoms with van der Waals surface area (Å²) < 4.78 is 69.3. The molecule has 0 saturated carbocycles. The lowest BCUT2D eigenvalue weighted by Crippen LogP contribution is -2.60. The van der Waals surface area contributed by atoms with Crippen LogP contribution >= 0.6 is 11.3 Å². The topological polar surface area (TPSA) is 222 Å². The minimum atomic E-state index is -5.00. The third kappa shape index (κ3) is 15.0. The Bertz CT molecular complexity index is 2840. The van der Waals surface area contributed by atoms with Crippen molar-refractivity contribution in [3.63, 3.8) is 0 Å². The van der Waals surface area contributed by atoms with Crippen LogP contribution < -0.4 is 26.4 Å². The van der Waals surface area contributed by atoms with E-state index in [1.54, 1.807) is 27.8 Å². The third-order valence-electron chi connectivity index (χ3n) is 14.7. The number of rotatable bonds is 20. The highest BCUT2D eigenvalue weighted by Crippen LogP contribution is 2.38. The molecule has 3 aliphatic heterocycles. The normalized spacial score (nSPS) is 20.3. The van der Waals surface area contributed by atoms with E-state index in [9.17, 15) is 47.4 Å². The number of aromatic amines is 1. The van der Waals surface area contributed by atoms with E-state index < -0.39 is 64.4 Å². The molecule has 5 heterocycles. The number of pyridine rings is 1. The number of carbonyl (C=O) groups is 4. The fourth-order valence-corrected chi connectivity index (χ4v) is 10.8. The van der Waals surface area contributed by atoms with Crippen LogP contribution in [0.2, 0.25) is 0 Å². The number of piperazine rings is 1. The number of amides is 4. The highest BCUT2D eigenvalue weighted by Gasteiger charge is 2.45. The summed E-state index contributed by atoms with van der Waals surface area (Å²) in [6.45, 7) is 13.5. The van der Waals surface area contributed by atoms with Gasteiger partial charge < -0.3 is 50.4 Å². The molecule has 2 unspecified atom stereocenters. The van der Waals surface area contributed by atoms with Crippen molar-refractivity contribution in [2.75, 3.05) is 76.4 Å². The molecular formula is C55H71F4N9O9S. The molecule has 2 aromatic carbocycles. The maximum absolute atomic E-state index is 16.2. The van der Waals surface area contributed by atoms with Crippen molar-refractivity contribution in [1.29, 1.82) is 0 Å². The van der Waals surface area contributed by atoms with E-state index in [0.717, 1.165) is 21.7 Å². The van der Waals surface area contributed by atoms with Gasteiger partial charge in [0.05, 0.1) is 89.6 Å². The number of aryl methyl sites for hydroxylation is 1. The maximum Gasteiger partial charge on any atom is 0.417 e. The first-order valence-corrected chi connectivity index (χ1v) is 27.0. The van der Waals surface area contributed by atoms with Crippen LogP contribution in [0.15, 0.2) is 65.0 Å². The molecule has 3 aliphatic rings.